The zero-order valence-electron chi connectivity index (χ0n) is 16.0. The van der Waals surface area contributed by atoms with Crippen molar-refractivity contribution in [3.8, 4) is 11.5 Å². The van der Waals surface area contributed by atoms with Crippen molar-refractivity contribution in [1.82, 2.24) is 0 Å². The highest BCUT2D eigenvalue weighted by atomic mass is 16.5. The normalized spacial score (nSPS) is 11.3. The van der Waals surface area contributed by atoms with Crippen molar-refractivity contribution < 1.29 is 9.47 Å². The van der Waals surface area contributed by atoms with Crippen LogP contribution in [0.3, 0.4) is 0 Å². The van der Waals surface area contributed by atoms with E-state index < -0.39 is 0 Å². The summed E-state index contributed by atoms with van der Waals surface area (Å²) in [4.78, 5) is 0. The molecule has 2 heteroatoms. The van der Waals surface area contributed by atoms with E-state index in [1.807, 2.05) is 18.2 Å². The second-order valence-electron chi connectivity index (χ2n) is 6.16. The number of aryl methyl sites for hydroxylation is 1. The maximum Gasteiger partial charge on any atom is 0.163 e. The van der Waals surface area contributed by atoms with Gasteiger partial charge in [0.2, 0.25) is 0 Å². The van der Waals surface area contributed by atoms with Crippen LogP contribution in [0.15, 0.2) is 55.2 Å². The van der Waals surface area contributed by atoms with E-state index in [-0.39, 0.29) is 0 Å². The third-order valence-corrected chi connectivity index (χ3v) is 4.21. The Morgan fingerprint density at radius 3 is 2.32 bits per heavy atom. The van der Waals surface area contributed by atoms with E-state index in [0.717, 1.165) is 30.8 Å². The van der Waals surface area contributed by atoms with Crippen molar-refractivity contribution in [3.63, 3.8) is 0 Å². The minimum atomic E-state index is 0.825. The first-order valence-electron chi connectivity index (χ1n) is 9.44. The number of allylic oxidation sites excluding steroid dienone is 5. The Morgan fingerprint density at radius 2 is 1.56 bits per heavy atom. The van der Waals surface area contributed by atoms with Gasteiger partial charge in [0.05, 0.1) is 14.2 Å². The summed E-state index contributed by atoms with van der Waals surface area (Å²) in [6.45, 7) is 3.70. The fourth-order valence-corrected chi connectivity index (χ4v) is 2.84. The number of para-hydroxylation sites is 1. The Balaban J connectivity index is 2.09. The molecule has 0 saturated carbocycles. The van der Waals surface area contributed by atoms with Crippen molar-refractivity contribution in [2.24, 2.45) is 0 Å². The number of benzene rings is 1. The molecule has 1 aromatic rings. The zero-order chi connectivity index (χ0) is 18.2. The molecule has 25 heavy (non-hydrogen) atoms. The monoisotopic (exact) mass is 342 g/mol. The van der Waals surface area contributed by atoms with Crippen molar-refractivity contribution in [1.29, 1.82) is 0 Å². The van der Waals surface area contributed by atoms with Gasteiger partial charge in [-0.2, -0.15) is 0 Å². The van der Waals surface area contributed by atoms with Gasteiger partial charge in [-0.25, -0.2) is 0 Å². The van der Waals surface area contributed by atoms with Crippen molar-refractivity contribution in [3.05, 3.63) is 60.7 Å². The van der Waals surface area contributed by atoms with Crippen LogP contribution in [0.5, 0.6) is 11.5 Å². The number of methoxy groups -OCH3 is 2. The molecule has 0 aliphatic carbocycles. The van der Waals surface area contributed by atoms with Gasteiger partial charge in [0.25, 0.3) is 0 Å². The molecule has 1 aromatic carbocycles. The summed E-state index contributed by atoms with van der Waals surface area (Å²) in [5.41, 5.74) is 1.24. The first-order chi connectivity index (χ1) is 12.3. The van der Waals surface area contributed by atoms with Crippen LogP contribution in [0.4, 0.5) is 0 Å². The van der Waals surface area contributed by atoms with Crippen molar-refractivity contribution >= 4 is 0 Å². The van der Waals surface area contributed by atoms with Crippen LogP contribution in [-0.4, -0.2) is 14.2 Å². The average molecular weight is 343 g/mol. The highest BCUT2D eigenvalue weighted by Crippen LogP contribution is 2.31. The summed E-state index contributed by atoms with van der Waals surface area (Å²) in [5, 5.41) is 0. The van der Waals surface area contributed by atoms with E-state index in [4.69, 9.17) is 9.47 Å². The van der Waals surface area contributed by atoms with Gasteiger partial charge < -0.3 is 9.47 Å². The Hall–Kier alpha value is -1.96. The molecule has 0 bridgehead atoms. The van der Waals surface area contributed by atoms with Crippen LogP contribution >= 0.6 is 0 Å². The maximum absolute atomic E-state index is 5.49. The molecule has 0 saturated heterocycles. The maximum atomic E-state index is 5.49. The summed E-state index contributed by atoms with van der Waals surface area (Å²) in [7, 11) is 3.40. The Labute approximate surface area is 154 Å². The van der Waals surface area contributed by atoms with E-state index in [9.17, 15) is 0 Å². The van der Waals surface area contributed by atoms with Gasteiger partial charge in [0.15, 0.2) is 11.5 Å². The molecule has 0 aliphatic heterocycles. The SMILES string of the molecule is C=CC/C=C\C/C=C\CCCCCCCc1cccc(OC)c1OC. The molecule has 0 aliphatic rings. The molecule has 2 nitrogen and oxygen atoms in total. The fourth-order valence-electron chi connectivity index (χ4n) is 2.84. The van der Waals surface area contributed by atoms with Gasteiger partial charge in [-0.1, -0.05) is 61.8 Å². The Bertz CT molecular complexity index is 529. The topological polar surface area (TPSA) is 18.5 Å². The molecule has 0 amide bonds. The Morgan fingerprint density at radius 1 is 0.840 bits per heavy atom. The highest BCUT2D eigenvalue weighted by molar-refractivity contribution is 5.46. The van der Waals surface area contributed by atoms with E-state index in [1.54, 1.807) is 14.2 Å². The fraction of sp³-hybridized carbons (Fsp3) is 0.478. The van der Waals surface area contributed by atoms with Crippen LogP contribution in [0, 0.1) is 0 Å². The summed E-state index contributed by atoms with van der Waals surface area (Å²) < 4.78 is 10.8. The lowest BCUT2D eigenvalue weighted by Gasteiger charge is -2.12. The second-order valence-corrected chi connectivity index (χ2v) is 6.16. The van der Waals surface area contributed by atoms with Crippen LogP contribution < -0.4 is 9.47 Å². The number of unbranched alkanes of at least 4 members (excludes halogenated alkanes) is 5. The molecule has 0 aromatic heterocycles. The molecule has 1 rings (SSSR count). The lowest BCUT2D eigenvalue weighted by atomic mass is 10.0. The summed E-state index contributed by atoms with van der Waals surface area (Å²) in [6.07, 6.45) is 21.5. The van der Waals surface area contributed by atoms with E-state index in [1.165, 1.54) is 44.1 Å². The first-order valence-corrected chi connectivity index (χ1v) is 9.44. The smallest absolute Gasteiger partial charge is 0.163 e. The number of hydrogen-bond donors (Lipinski definition) is 0. The molecule has 0 N–H and O–H groups in total. The zero-order valence-corrected chi connectivity index (χ0v) is 16.0. The van der Waals surface area contributed by atoms with Gasteiger partial charge in [0.1, 0.15) is 0 Å². The standard InChI is InChI=1S/C23H34O2/c1-4-5-6-7-8-9-10-11-12-13-14-15-16-18-21-19-17-20-22(24-2)23(21)25-3/h4,6-7,9-10,17,19-20H,1,5,8,11-16,18H2,2-3H3/b7-6-,10-9-. The number of rotatable bonds is 14. The predicted molar refractivity (Wildman–Crippen MR) is 109 cm³/mol. The van der Waals surface area contributed by atoms with E-state index in [0.29, 0.717) is 0 Å². The average Bonchev–Trinajstić information content (AvgIpc) is 2.65. The third kappa shape index (κ3) is 9.19. The summed E-state index contributed by atoms with van der Waals surface area (Å²) >= 11 is 0. The van der Waals surface area contributed by atoms with E-state index in [2.05, 4.69) is 36.9 Å². The van der Waals surface area contributed by atoms with Crippen molar-refractivity contribution in [2.75, 3.05) is 14.2 Å². The summed E-state index contributed by atoms with van der Waals surface area (Å²) in [6, 6.07) is 6.12. The molecule has 0 spiro atoms. The van der Waals surface area contributed by atoms with Crippen LogP contribution in [-0.2, 0) is 6.42 Å². The van der Waals surface area contributed by atoms with Gasteiger partial charge in [-0.05, 0) is 50.2 Å². The van der Waals surface area contributed by atoms with E-state index >= 15 is 0 Å². The first kappa shape index (κ1) is 21.1. The molecule has 0 heterocycles. The predicted octanol–water partition coefficient (Wildman–Crippen LogP) is 6.67. The molecule has 0 radical (unpaired) electrons. The highest BCUT2D eigenvalue weighted by Gasteiger charge is 2.08. The second kappa shape index (κ2) is 14.4. The molecular weight excluding hydrogens is 308 g/mol. The summed E-state index contributed by atoms with van der Waals surface area (Å²) in [5.74, 6) is 1.71. The molecule has 0 fully saturated rings. The van der Waals surface area contributed by atoms with Crippen LogP contribution in [0.1, 0.15) is 56.9 Å². The minimum Gasteiger partial charge on any atom is -0.493 e. The van der Waals surface area contributed by atoms with Gasteiger partial charge in [0, 0.05) is 0 Å². The molecule has 138 valence electrons. The lowest BCUT2D eigenvalue weighted by molar-refractivity contribution is 0.351. The number of ether oxygens (including phenoxy) is 2. The lowest BCUT2D eigenvalue weighted by Crippen LogP contribution is -1.96. The Kier molecular flexibility index (Phi) is 12.1. The van der Waals surface area contributed by atoms with Crippen molar-refractivity contribution in [2.45, 2.75) is 57.8 Å². The third-order valence-electron chi connectivity index (χ3n) is 4.21. The van der Waals surface area contributed by atoms with Crippen LogP contribution in [0.25, 0.3) is 0 Å². The van der Waals surface area contributed by atoms with Gasteiger partial charge >= 0.3 is 0 Å². The van der Waals surface area contributed by atoms with Crippen LogP contribution in [0.2, 0.25) is 0 Å². The molecule has 0 atom stereocenters. The quantitative estimate of drug-likeness (QED) is 0.278. The number of hydrogen-bond acceptors (Lipinski definition) is 2. The molecule has 0 unspecified atom stereocenters. The van der Waals surface area contributed by atoms with Gasteiger partial charge in [-0.15, -0.1) is 6.58 Å². The molecular formula is C23H34O2. The van der Waals surface area contributed by atoms with Gasteiger partial charge in [-0.3, -0.25) is 0 Å². The largest absolute Gasteiger partial charge is 0.493 e. The minimum absolute atomic E-state index is 0.825.